The lowest BCUT2D eigenvalue weighted by Gasteiger charge is -2.22. The first-order chi connectivity index (χ1) is 12.3. The van der Waals surface area contributed by atoms with Crippen molar-refractivity contribution in [3.05, 3.63) is 29.8 Å². The van der Waals surface area contributed by atoms with E-state index in [2.05, 4.69) is 32.7 Å². The number of methoxy groups -OCH3 is 2. The minimum atomic E-state index is 0. The van der Waals surface area contributed by atoms with Gasteiger partial charge in [-0.1, -0.05) is 12.1 Å². The third kappa shape index (κ3) is 8.55. The molecule has 26 heavy (non-hydrogen) atoms. The van der Waals surface area contributed by atoms with E-state index in [-0.39, 0.29) is 24.0 Å². The first kappa shape index (κ1) is 23.0. The normalized spacial score (nSPS) is 14.1. The third-order valence-electron chi connectivity index (χ3n) is 4.43. The molecule has 0 aliphatic heterocycles. The highest BCUT2D eigenvalue weighted by molar-refractivity contribution is 14.0. The topological polar surface area (TPSA) is 58.1 Å². The zero-order chi connectivity index (χ0) is 17.9. The molecule has 1 aromatic carbocycles. The van der Waals surface area contributed by atoms with E-state index < -0.39 is 0 Å². The van der Waals surface area contributed by atoms with E-state index in [1.807, 2.05) is 19.2 Å². The lowest BCUT2D eigenvalue weighted by molar-refractivity contribution is 0.144. The fourth-order valence-corrected chi connectivity index (χ4v) is 2.78. The summed E-state index contributed by atoms with van der Waals surface area (Å²) in [6.45, 7) is 4.56. The Hall–Kier alpha value is -1.06. The molecule has 0 spiro atoms. The molecular formula is C19H33IN4O2. The summed E-state index contributed by atoms with van der Waals surface area (Å²) in [6, 6.07) is 8.94. The van der Waals surface area contributed by atoms with Crippen LogP contribution in [0.25, 0.3) is 0 Å². The van der Waals surface area contributed by atoms with Gasteiger partial charge in [0.25, 0.3) is 0 Å². The molecule has 0 heterocycles. The summed E-state index contributed by atoms with van der Waals surface area (Å²) >= 11 is 0. The van der Waals surface area contributed by atoms with Crippen molar-refractivity contribution >= 4 is 29.9 Å². The van der Waals surface area contributed by atoms with Gasteiger partial charge in [-0.05, 0) is 37.0 Å². The molecule has 2 N–H and O–H groups in total. The molecule has 0 radical (unpaired) electrons. The smallest absolute Gasteiger partial charge is 0.191 e. The molecule has 0 amide bonds. The van der Waals surface area contributed by atoms with Crippen molar-refractivity contribution in [3.63, 3.8) is 0 Å². The summed E-state index contributed by atoms with van der Waals surface area (Å²) in [5.41, 5.74) is 1.28. The number of hydrogen-bond donors (Lipinski definition) is 2. The van der Waals surface area contributed by atoms with Gasteiger partial charge in [-0.15, -0.1) is 24.0 Å². The molecule has 2 rings (SSSR count). The highest BCUT2D eigenvalue weighted by Gasteiger charge is 2.28. The molecule has 1 fully saturated rings. The quantitative estimate of drug-likeness (QED) is 0.291. The average molecular weight is 476 g/mol. The van der Waals surface area contributed by atoms with E-state index in [4.69, 9.17) is 9.47 Å². The van der Waals surface area contributed by atoms with Gasteiger partial charge in [0.15, 0.2) is 5.96 Å². The highest BCUT2D eigenvalue weighted by atomic mass is 127. The average Bonchev–Trinajstić information content (AvgIpc) is 3.48. The Morgan fingerprint density at radius 3 is 2.38 bits per heavy atom. The summed E-state index contributed by atoms with van der Waals surface area (Å²) in [4.78, 5) is 6.80. The van der Waals surface area contributed by atoms with Crippen LogP contribution < -0.4 is 15.4 Å². The van der Waals surface area contributed by atoms with Gasteiger partial charge in [0.2, 0.25) is 0 Å². The summed E-state index contributed by atoms with van der Waals surface area (Å²) < 4.78 is 10.4. The lowest BCUT2D eigenvalue weighted by Crippen LogP contribution is -2.43. The van der Waals surface area contributed by atoms with Gasteiger partial charge in [0.1, 0.15) is 5.75 Å². The number of nitrogens with one attached hydrogen (secondary N) is 2. The summed E-state index contributed by atoms with van der Waals surface area (Å²) in [7, 11) is 5.26. The van der Waals surface area contributed by atoms with Gasteiger partial charge < -0.3 is 20.1 Å². The molecule has 0 saturated heterocycles. The molecule has 6 nitrogen and oxygen atoms in total. The zero-order valence-corrected chi connectivity index (χ0v) is 18.5. The van der Waals surface area contributed by atoms with Gasteiger partial charge >= 0.3 is 0 Å². The van der Waals surface area contributed by atoms with Crippen LogP contribution in [0, 0.1) is 0 Å². The molecule has 1 aliphatic rings. The maximum Gasteiger partial charge on any atom is 0.191 e. The number of aliphatic imine (C=N–C) groups is 1. The highest BCUT2D eigenvalue weighted by Crippen LogP contribution is 2.25. The Balaban J connectivity index is 0.00000338. The van der Waals surface area contributed by atoms with Crippen molar-refractivity contribution in [3.8, 4) is 5.75 Å². The van der Waals surface area contributed by atoms with Crippen molar-refractivity contribution in [2.75, 3.05) is 54.1 Å². The molecule has 1 aromatic rings. The number of ether oxygens (including phenoxy) is 2. The molecule has 0 bridgehead atoms. The van der Waals surface area contributed by atoms with Crippen molar-refractivity contribution in [2.24, 2.45) is 4.99 Å². The predicted molar refractivity (Wildman–Crippen MR) is 118 cm³/mol. The molecule has 7 heteroatoms. The van der Waals surface area contributed by atoms with Gasteiger partial charge in [0.05, 0.1) is 13.7 Å². The van der Waals surface area contributed by atoms with Crippen LogP contribution in [0.1, 0.15) is 18.4 Å². The molecule has 1 saturated carbocycles. The summed E-state index contributed by atoms with van der Waals surface area (Å²) in [6.07, 6.45) is 3.59. The Morgan fingerprint density at radius 1 is 1.12 bits per heavy atom. The van der Waals surface area contributed by atoms with Crippen LogP contribution >= 0.6 is 24.0 Å². The molecule has 0 aromatic heterocycles. The van der Waals surface area contributed by atoms with E-state index in [9.17, 15) is 0 Å². The van der Waals surface area contributed by atoms with Gasteiger partial charge in [-0.3, -0.25) is 9.89 Å². The fourth-order valence-electron chi connectivity index (χ4n) is 2.78. The Labute approximate surface area is 174 Å². The van der Waals surface area contributed by atoms with Crippen molar-refractivity contribution in [1.82, 2.24) is 15.5 Å². The monoisotopic (exact) mass is 476 g/mol. The Bertz CT molecular complexity index is 521. The number of benzene rings is 1. The van der Waals surface area contributed by atoms with E-state index in [1.165, 1.54) is 18.4 Å². The Morgan fingerprint density at radius 2 is 1.81 bits per heavy atom. The SMILES string of the molecule is CN=C(NCCc1ccc(OC)cc1)NCCN(CCOC)C1CC1.I. The second-order valence-electron chi connectivity index (χ2n) is 6.28. The van der Waals surface area contributed by atoms with Gasteiger partial charge in [0, 0.05) is 46.4 Å². The van der Waals surface area contributed by atoms with E-state index in [0.717, 1.165) is 57.0 Å². The van der Waals surface area contributed by atoms with Gasteiger partial charge in [-0.25, -0.2) is 0 Å². The standard InChI is InChI=1S/C19H32N4O2.HI/c1-20-19(21-11-10-16-4-8-18(25-3)9-5-16)22-12-13-23(14-15-24-2)17-6-7-17;/h4-5,8-9,17H,6-7,10-15H2,1-3H3,(H2,20,21,22);1H. The van der Waals surface area contributed by atoms with Crippen LogP contribution in [0.15, 0.2) is 29.3 Å². The molecular weight excluding hydrogens is 443 g/mol. The number of hydrogen-bond acceptors (Lipinski definition) is 4. The molecule has 0 atom stereocenters. The maximum atomic E-state index is 5.20. The van der Waals surface area contributed by atoms with Gasteiger partial charge in [-0.2, -0.15) is 0 Å². The first-order valence-electron chi connectivity index (χ1n) is 9.07. The first-order valence-corrected chi connectivity index (χ1v) is 9.07. The minimum Gasteiger partial charge on any atom is -0.497 e. The second kappa shape index (κ2) is 13.2. The van der Waals surface area contributed by atoms with E-state index in [0.29, 0.717) is 0 Å². The number of nitrogens with zero attached hydrogens (tertiary/aromatic N) is 2. The van der Waals surface area contributed by atoms with E-state index >= 15 is 0 Å². The van der Waals surface area contributed by atoms with Crippen LogP contribution in [0.2, 0.25) is 0 Å². The maximum absolute atomic E-state index is 5.20. The largest absolute Gasteiger partial charge is 0.497 e. The van der Waals surface area contributed by atoms with Crippen LogP contribution in [-0.4, -0.2) is 71.0 Å². The van der Waals surface area contributed by atoms with Crippen LogP contribution in [0.4, 0.5) is 0 Å². The fraction of sp³-hybridized carbons (Fsp3) is 0.632. The third-order valence-corrected chi connectivity index (χ3v) is 4.43. The Kier molecular flexibility index (Phi) is 11.6. The number of guanidine groups is 1. The molecule has 1 aliphatic carbocycles. The minimum absolute atomic E-state index is 0. The predicted octanol–water partition coefficient (Wildman–Crippen LogP) is 2.13. The van der Waals surface area contributed by atoms with Crippen molar-refractivity contribution in [1.29, 1.82) is 0 Å². The number of halogens is 1. The van der Waals surface area contributed by atoms with Crippen molar-refractivity contribution in [2.45, 2.75) is 25.3 Å². The summed E-state index contributed by atoms with van der Waals surface area (Å²) in [5, 5.41) is 6.77. The van der Waals surface area contributed by atoms with Crippen LogP contribution in [0.5, 0.6) is 5.75 Å². The van der Waals surface area contributed by atoms with Crippen molar-refractivity contribution < 1.29 is 9.47 Å². The molecule has 148 valence electrons. The summed E-state index contributed by atoms with van der Waals surface area (Å²) in [5.74, 6) is 1.75. The van der Waals surface area contributed by atoms with Crippen LogP contribution in [-0.2, 0) is 11.2 Å². The zero-order valence-electron chi connectivity index (χ0n) is 16.2. The lowest BCUT2D eigenvalue weighted by atomic mass is 10.1. The second-order valence-corrected chi connectivity index (χ2v) is 6.28. The molecule has 0 unspecified atom stereocenters. The number of rotatable bonds is 11. The van der Waals surface area contributed by atoms with E-state index in [1.54, 1.807) is 14.2 Å². The van der Waals surface area contributed by atoms with Crippen LogP contribution in [0.3, 0.4) is 0 Å².